The minimum absolute atomic E-state index is 0.0592. The lowest BCUT2D eigenvalue weighted by Crippen LogP contribution is -2.44. The Morgan fingerprint density at radius 1 is 1.03 bits per heavy atom. The number of carbonyl (C=O) groups is 1. The van der Waals surface area contributed by atoms with E-state index in [0.29, 0.717) is 0 Å². The number of piperazine rings is 1. The van der Waals surface area contributed by atoms with Gasteiger partial charge >= 0.3 is 0 Å². The fourth-order valence-corrected chi connectivity index (χ4v) is 5.22. The molecule has 1 N–H and O–H groups in total. The van der Waals surface area contributed by atoms with E-state index in [9.17, 15) is 4.79 Å². The van der Waals surface area contributed by atoms with Crippen LogP contribution in [0, 0.1) is 0 Å². The Balaban J connectivity index is 1.30. The average molecular weight is 405 g/mol. The number of benzene rings is 1. The molecule has 6 heteroatoms. The normalized spacial score (nSPS) is 16.2. The summed E-state index contributed by atoms with van der Waals surface area (Å²) >= 11 is 1.59. The predicted molar refractivity (Wildman–Crippen MR) is 119 cm³/mol. The Labute approximate surface area is 175 Å². The second-order valence-electron chi connectivity index (χ2n) is 7.77. The summed E-state index contributed by atoms with van der Waals surface area (Å²) in [4.78, 5) is 24.0. The standard InChI is InChI=1S/C23H24N4OS/c1-26-10-12-27(13-11-26)21-9-8-18(15-24-21)25-23(28)20-14-17-7-6-16-4-2-3-5-19(16)22(17)29-20/h2-5,8-9,14-15H,6-7,10-13H2,1H3,(H,25,28). The highest BCUT2D eigenvalue weighted by Gasteiger charge is 2.21. The van der Waals surface area contributed by atoms with Gasteiger partial charge in [-0.3, -0.25) is 4.79 Å². The average Bonchev–Trinajstić information content (AvgIpc) is 3.20. The lowest BCUT2D eigenvalue weighted by molar-refractivity contribution is 0.103. The molecule has 1 aromatic carbocycles. The summed E-state index contributed by atoms with van der Waals surface area (Å²) in [5, 5.41) is 3.01. The second-order valence-corrected chi connectivity index (χ2v) is 8.82. The fourth-order valence-electron chi connectivity index (χ4n) is 4.06. The Kier molecular flexibility index (Phi) is 4.81. The van der Waals surface area contributed by atoms with Crippen LogP contribution in [0.4, 0.5) is 11.5 Å². The maximum atomic E-state index is 12.8. The molecule has 0 spiro atoms. The number of likely N-dealkylation sites (N-methyl/N-ethyl adjacent to an activating group) is 1. The van der Waals surface area contributed by atoms with E-state index >= 15 is 0 Å². The van der Waals surface area contributed by atoms with Crippen LogP contribution in [-0.4, -0.2) is 49.0 Å². The van der Waals surface area contributed by atoms with Crippen molar-refractivity contribution in [2.75, 3.05) is 43.4 Å². The predicted octanol–water partition coefficient (Wildman–Crippen LogP) is 3.91. The number of carbonyl (C=O) groups excluding carboxylic acids is 1. The summed E-state index contributed by atoms with van der Waals surface area (Å²) in [6, 6.07) is 14.5. The number of fused-ring (bicyclic) bond motifs is 3. The van der Waals surface area contributed by atoms with E-state index in [-0.39, 0.29) is 5.91 Å². The first-order valence-electron chi connectivity index (χ1n) is 10.1. The lowest BCUT2D eigenvalue weighted by Gasteiger charge is -2.33. The van der Waals surface area contributed by atoms with Gasteiger partial charge in [0.25, 0.3) is 5.91 Å². The van der Waals surface area contributed by atoms with Crippen LogP contribution in [0.15, 0.2) is 48.7 Å². The summed E-state index contributed by atoms with van der Waals surface area (Å²) < 4.78 is 0. The molecule has 1 fully saturated rings. The lowest BCUT2D eigenvalue weighted by atomic mass is 9.91. The quantitative estimate of drug-likeness (QED) is 0.719. The van der Waals surface area contributed by atoms with Gasteiger partial charge in [0.05, 0.1) is 16.8 Å². The molecule has 1 aliphatic carbocycles. The van der Waals surface area contributed by atoms with E-state index in [1.54, 1.807) is 17.5 Å². The van der Waals surface area contributed by atoms with Crippen molar-refractivity contribution in [1.29, 1.82) is 0 Å². The summed E-state index contributed by atoms with van der Waals surface area (Å²) in [6.45, 7) is 4.06. The number of hydrogen-bond acceptors (Lipinski definition) is 5. The van der Waals surface area contributed by atoms with Crippen LogP contribution >= 0.6 is 11.3 Å². The van der Waals surface area contributed by atoms with Gasteiger partial charge in [-0.1, -0.05) is 24.3 Å². The second kappa shape index (κ2) is 7.61. The van der Waals surface area contributed by atoms with E-state index in [1.165, 1.54) is 21.6 Å². The van der Waals surface area contributed by atoms with Gasteiger partial charge in [0.1, 0.15) is 5.82 Å². The molecule has 0 radical (unpaired) electrons. The summed E-state index contributed by atoms with van der Waals surface area (Å²) in [7, 11) is 2.14. The molecule has 1 aliphatic heterocycles. The highest BCUT2D eigenvalue weighted by atomic mass is 32.1. The number of aromatic nitrogens is 1. The van der Waals surface area contributed by atoms with Gasteiger partial charge in [0, 0.05) is 31.1 Å². The number of hydrogen-bond donors (Lipinski definition) is 1. The summed E-state index contributed by atoms with van der Waals surface area (Å²) in [6.07, 6.45) is 3.80. The van der Waals surface area contributed by atoms with Crippen molar-refractivity contribution in [3.8, 4) is 10.4 Å². The Morgan fingerprint density at radius 2 is 1.83 bits per heavy atom. The Bertz CT molecular complexity index is 1040. The summed E-state index contributed by atoms with van der Waals surface area (Å²) in [5.41, 5.74) is 4.66. The largest absolute Gasteiger partial charge is 0.354 e. The van der Waals surface area contributed by atoms with Crippen molar-refractivity contribution < 1.29 is 4.79 Å². The van der Waals surface area contributed by atoms with Gasteiger partial charge in [-0.25, -0.2) is 4.98 Å². The fraction of sp³-hybridized carbons (Fsp3) is 0.304. The van der Waals surface area contributed by atoms with E-state index in [0.717, 1.165) is 55.4 Å². The molecule has 5 rings (SSSR count). The number of amides is 1. The third-order valence-corrected chi connectivity index (χ3v) is 7.00. The minimum Gasteiger partial charge on any atom is -0.354 e. The van der Waals surface area contributed by atoms with E-state index in [4.69, 9.17) is 0 Å². The number of thiophene rings is 1. The molecule has 2 aromatic heterocycles. The molecule has 148 valence electrons. The van der Waals surface area contributed by atoms with Crippen molar-refractivity contribution in [2.45, 2.75) is 12.8 Å². The van der Waals surface area contributed by atoms with Crippen LogP contribution in [0.25, 0.3) is 10.4 Å². The first-order chi connectivity index (χ1) is 14.2. The Hall–Kier alpha value is -2.70. The molecule has 0 saturated carbocycles. The molecule has 0 atom stereocenters. The van der Waals surface area contributed by atoms with Gasteiger partial charge in [-0.15, -0.1) is 11.3 Å². The maximum absolute atomic E-state index is 12.8. The first kappa shape index (κ1) is 18.3. The number of rotatable bonds is 3. The van der Waals surface area contributed by atoms with Crippen LogP contribution in [0.5, 0.6) is 0 Å². The zero-order chi connectivity index (χ0) is 19.8. The molecule has 1 saturated heterocycles. The molecule has 2 aliphatic rings. The number of pyridine rings is 1. The molecule has 3 heterocycles. The van der Waals surface area contributed by atoms with E-state index < -0.39 is 0 Å². The molecule has 1 amide bonds. The molecule has 0 unspecified atom stereocenters. The van der Waals surface area contributed by atoms with Crippen LogP contribution < -0.4 is 10.2 Å². The van der Waals surface area contributed by atoms with Gasteiger partial charge in [0.15, 0.2) is 0 Å². The maximum Gasteiger partial charge on any atom is 0.265 e. The van der Waals surface area contributed by atoms with Gasteiger partial charge in [-0.2, -0.15) is 0 Å². The van der Waals surface area contributed by atoms with E-state index in [1.807, 2.05) is 12.1 Å². The van der Waals surface area contributed by atoms with Gasteiger partial charge in [-0.05, 0) is 54.8 Å². The third kappa shape index (κ3) is 3.66. The summed E-state index contributed by atoms with van der Waals surface area (Å²) in [5.74, 6) is 0.912. The van der Waals surface area contributed by atoms with Crippen LogP contribution in [0.2, 0.25) is 0 Å². The molecule has 29 heavy (non-hydrogen) atoms. The van der Waals surface area contributed by atoms with Crippen molar-refractivity contribution in [3.05, 3.63) is 64.7 Å². The molecule has 0 bridgehead atoms. The van der Waals surface area contributed by atoms with Crippen molar-refractivity contribution >= 4 is 28.7 Å². The smallest absolute Gasteiger partial charge is 0.265 e. The monoisotopic (exact) mass is 404 g/mol. The number of aryl methyl sites for hydroxylation is 2. The molecular formula is C23H24N4OS. The van der Waals surface area contributed by atoms with Crippen LogP contribution in [-0.2, 0) is 12.8 Å². The first-order valence-corrected chi connectivity index (χ1v) is 10.9. The number of anilines is 2. The van der Waals surface area contributed by atoms with E-state index in [2.05, 4.69) is 57.5 Å². The zero-order valence-corrected chi connectivity index (χ0v) is 17.3. The Morgan fingerprint density at radius 3 is 2.62 bits per heavy atom. The van der Waals surface area contributed by atoms with Gasteiger partial charge in [0.2, 0.25) is 0 Å². The minimum atomic E-state index is -0.0592. The number of nitrogens with zero attached hydrogens (tertiary/aromatic N) is 3. The molecule has 3 aromatic rings. The van der Waals surface area contributed by atoms with Crippen molar-refractivity contribution in [2.24, 2.45) is 0 Å². The molecular weight excluding hydrogens is 380 g/mol. The van der Waals surface area contributed by atoms with Crippen LogP contribution in [0.3, 0.4) is 0 Å². The van der Waals surface area contributed by atoms with Crippen molar-refractivity contribution in [3.63, 3.8) is 0 Å². The number of nitrogens with one attached hydrogen (secondary N) is 1. The SMILES string of the molecule is CN1CCN(c2ccc(NC(=O)c3cc4c(s3)-c3ccccc3CC4)cn2)CC1. The highest BCUT2D eigenvalue weighted by molar-refractivity contribution is 7.17. The topological polar surface area (TPSA) is 48.5 Å². The van der Waals surface area contributed by atoms with Gasteiger partial charge < -0.3 is 15.1 Å². The van der Waals surface area contributed by atoms with Crippen LogP contribution in [0.1, 0.15) is 20.8 Å². The third-order valence-electron chi connectivity index (χ3n) is 5.79. The molecule has 5 nitrogen and oxygen atoms in total. The highest BCUT2D eigenvalue weighted by Crippen LogP contribution is 2.39. The van der Waals surface area contributed by atoms with Crippen molar-refractivity contribution in [1.82, 2.24) is 9.88 Å². The zero-order valence-electron chi connectivity index (χ0n) is 16.5.